The fraction of sp³-hybridized carbons (Fsp3) is 0.217. The zero-order valence-corrected chi connectivity index (χ0v) is 15.6. The first-order chi connectivity index (χ1) is 13.7. The van der Waals surface area contributed by atoms with Gasteiger partial charge in [0.05, 0.1) is 0 Å². The van der Waals surface area contributed by atoms with Gasteiger partial charge in [-0.3, -0.25) is 4.99 Å². The predicted molar refractivity (Wildman–Crippen MR) is 111 cm³/mol. The fourth-order valence-electron chi connectivity index (χ4n) is 4.54. The van der Waals surface area contributed by atoms with Gasteiger partial charge in [0.1, 0.15) is 18.0 Å². The number of para-hydroxylation sites is 1. The maximum atomic E-state index is 12.2. The number of hydrogen-bond donors (Lipinski definition) is 1. The predicted octanol–water partition coefficient (Wildman–Crippen LogP) is 3.89. The number of carboxylic acids is 1. The highest BCUT2D eigenvalue weighted by Crippen LogP contribution is 2.42. The number of hydrogen-bond acceptors (Lipinski definition) is 4. The number of carbonyl (C=O) groups is 1. The van der Waals surface area contributed by atoms with Gasteiger partial charge in [0.25, 0.3) is 0 Å². The first-order valence-corrected chi connectivity index (χ1v) is 9.52. The molecule has 0 saturated heterocycles. The third-order valence-electron chi connectivity index (χ3n) is 5.79. The van der Waals surface area contributed by atoms with Crippen molar-refractivity contribution in [1.29, 1.82) is 0 Å². The van der Waals surface area contributed by atoms with E-state index in [1.54, 1.807) is 0 Å². The van der Waals surface area contributed by atoms with Crippen LogP contribution in [0.15, 0.2) is 71.7 Å². The highest BCUT2D eigenvalue weighted by Gasteiger charge is 2.43. The lowest BCUT2D eigenvalue weighted by Crippen LogP contribution is -2.57. The van der Waals surface area contributed by atoms with E-state index in [1.165, 1.54) is 0 Å². The molecule has 0 saturated carbocycles. The van der Waals surface area contributed by atoms with E-state index in [9.17, 15) is 9.90 Å². The molecule has 0 amide bonds. The molecule has 0 aromatic heterocycles. The lowest BCUT2D eigenvalue weighted by molar-refractivity contribution is -0.142. The highest BCUT2D eigenvalue weighted by atomic mass is 16.4. The van der Waals surface area contributed by atoms with E-state index < -0.39 is 12.0 Å². The zero-order valence-electron chi connectivity index (χ0n) is 15.6. The second kappa shape index (κ2) is 6.37. The van der Waals surface area contributed by atoms with E-state index in [4.69, 9.17) is 4.99 Å². The van der Waals surface area contributed by atoms with Crippen molar-refractivity contribution >= 4 is 28.3 Å². The van der Waals surface area contributed by atoms with E-state index in [0.717, 1.165) is 33.4 Å². The molecule has 2 aliphatic rings. The van der Waals surface area contributed by atoms with Gasteiger partial charge in [0.2, 0.25) is 0 Å². The summed E-state index contributed by atoms with van der Waals surface area (Å²) in [6.07, 6.45) is 0.275. The van der Waals surface area contributed by atoms with Crippen molar-refractivity contribution in [2.75, 3.05) is 18.5 Å². The molecular weight excluding hydrogens is 350 g/mol. The van der Waals surface area contributed by atoms with Gasteiger partial charge in [-0.15, -0.1) is 0 Å². The van der Waals surface area contributed by atoms with Crippen LogP contribution in [0.4, 0.5) is 5.69 Å². The summed E-state index contributed by atoms with van der Waals surface area (Å²) in [5.41, 5.74) is 3.16. The summed E-state index contributed by atoms with van der Waals surface area (Å²) in [5.74, 6) is -0.0179. The second-order valence-corrected chi connectivity index (χ2v) is 7.33. The first kappa shape index (κ1) is 16.8. The third kappa shape index (κ3) is 2.39. The SMILES string of the molecule is CN1c2ccccc2C2=NCCC(C(=O)O)N2C1c1cccc2ccccc12. The number of benzene rings is 3. The van der Waals surface area contributed by atoms with Crippen molar-refractivity contribution in [2.24, 2.45) is 4.99 Å². The number of anilines is 1. The van der Waals surface area contributed by atoms with Gasteiger partial charge in [-0.05, 0) is 29.3 Å². The number of aliphatic carboxylic acids is 1. The minimum absolute atomic E-state index is 0.235. The van der Waals surface area contributed by atoms with Crippen LogP contribution in [0, 0.1) is 0 Å². The molecule has 2 unspecified atom stereocenters. The van der Waals surface area contributed by atoms with E-state index >= 15 is 0 Å². The fourth-order valence-corrected chi connectivity index (χ4v) is 4.54. The lowest BCUT2D eigenvalue weighted by atomic mass is 9.94. The Morgan fingerprint density at radius 2 is 1.79 bits per heavy atom. The normalized spacial score (nSPS) is 21.1. The Morgan fingerprint density at radius 3 is 2.64 bits per heavy atom. The second-order valence-electron chi connectivity index (χ2n) is 7.33. The Hall–Kier alpha value is -3.34. The number of amidine groups is 1. The smallest absolute Gasteiger partial charge is 0.326 e. The Bertz CT molecular complexity index is 1100. The quantitative estimate of drug-likeness (QED) is 0.742. The van der Waals surface area contributed by atoms with Crippen LogP contribution in [-0.4, -0.2) is 41.4 Å². The Morgan fingerprint density at radius 1 is 1.04 bits per heavy atom. The standard InChI is InChI=1S/C23H21N3O2/c1-25-19-12-5-4-10-18(19)21-24-14-13-20(23(27)28)26(21)22(25)17-11-6-8-15-7-2-3-9-16(15)17/h2-12,20,22H,13-14H2,1H3,(H,27,28). The van der Waals surface area contributed by atoms with Crippen LogP contribution < -0.4 is 4.90 Å². The van der Waals surface area contributed by atoms with Crippen LogP contribution in [0.3, 0.4) is 0 Å². The van der Waals surface area contributed by atoms with Gasteiger partial charge in [-0.2, -0.15) is 0 Å². The van der Waals surface area contributed by atoms with Gasteiger partial charge in [-0.25, -0.2) is 4.79 Å². The van der Waals surface area contributed by atoms with Crippen LogP contribution in [0.2, 0.25) is 0 Å². The molecule has 2 heterocycles. The molecule has 0 spiro atoms. The summed E-state index contributed by atoms with van der Waals surface area (Å²) in [6, 6.07) is 22.0. The van der Waals surface area contributed by atoms with Gasteiger partial charge in [-0.1, -0.05) is 54.6 Å². The molecule has 2 atom stereocenters. The largest absolute Gasteiger partial charge is 0.480 e. The molecule has 5 heteroatoms. The minimum atomic E-state index is -0.801. The summed E-state index contributed by atoms with van der Waals surface area (Å²) in [5, 5.41) is 12.3. The summed E-state index contributed by atoms with van der Waals surface area (Å²) >= 11 is 0. The minimum Gasteiger partial charge on any atom is -0.480 e. The van der Waals surface area contributed by atoms with Crippen LogP contribution in [0.5, 0.6) is 0 Å². The average molecular weight is 371 g/mol. The summed E-state index contributed by atoms with van der Waals surface area (Å²) in [7, 11) is 2.04. The number of rotatable bonds is 2. The van der Waals surface area contributed by atoms with E-state index in [1.807, 2.05) is 48.3 Å². The van der Waals surface area contributed by atoms with Gasteiger partial charge in [0, 0.05) is 30.4 Å². The zero-order chi connectivity index (χ0) is 19.3. The van der Waals surface area contributed by atoms with Crippen molar-refractivity contribution in [3.05, 3.63) is 77.9 Å². The number of nitrogens with zero attached hydrogens (tertiary/aromatic N) is 3. The molecular formula is C23H21N3O2. The Balaban J connectivity index is 1.79. The molecule has 3 aromatic rings. The van der Waals surface area contributed by atoms with Crippen molar-refractivity contribution in [1.82, 2.24) is 4.90 Å². The average Bonchev–Trinajstić information content (AvgIpc) is 2.73. The Labute approximate surface area is 163 Å². The first-order valence-electron chi connectivity index (χ1n) is 9.52. The monoisotopic (exact) mass is 371 g/mol. The molecule has 3 aromatic carbocycles. The van der Waals surface area contributed by atoms with Crippen molar-refractivity contribution in [3.8, 4) is 0 Å². The maximum Gasteiger partial charge on any atom is 0.326 e. The van der Waals surface area contributed by atoms with Gasteiger partial charge < -0.3 is 14.9 Å². The van der Waals surface area contributed by atoms with E-state index in [0.29, 0.717) is 13.0 Å². The molecule has 140 valence electrons. The maximum absolute atomic E-state index is 12.2. The topological polar surface area (TPSA) is 56.1 Å². The van der Waals surface area contributed by atoms with Crippen LogP contribution in [0.1, 0.15) is 23.7 Å². The number of aliphatic imine (C=N–C) groups is 1. The van der Waals surface area contributed by atoms with E-state index in [-0.39, 0.29) is 6.17 Å². The van der Waals surface area contributed by atoms with Crippen LogP contribution in [0.25, 0.3) is 10.8 Å². The molecule has 5 nitrogen and oxygen atoms in total. The molecule has 0 aliphatic carbocycles. The molecule has 5 rings (SSSR count). The number of fused-ring (bicyclic) bond motifs is 4. The summed E-state index contributed by atoms with van der Waals surface area (Å²) in [4.78, 5) is 21.1. The summed E-state index contributed by atoms with van der Waals surface area (Å²) in [6.45, 7) is 0.531. The molecule has 0 radical (unpaired) electrons. The molecule has 0 fully saturated rings. The molecule has 1 N–H and O–H groups in total. The highest BCUT2D eigenvalue weighted by molar-refractivity contribution is 6.08. The van der Waals surface area contributed by atoms with Crippen LogP contribution in [-0.2, 0) is 4.79 Å². The van der Waals surface area contributed by atoms with Gasteiger partial charge in [0.15, 0.2) is 0 Å². The van der Waals surface area contributed by atoms with Crippen molar-refractivity contribution in [3.63, 3.8) is 0 Å². The van der Waals surface area contributed by atoms with E-state index in [2.05, 4.69) is 35.2 Å². The third-order valence-corrected chi connectivity index (χ3v) is 5.79. The number of carboxylic acid groups (broad SMARTS) is 1. The molecule has 2 aliphatic heterocycles. The summed E-state index contributed by atoms with van der Waals surface area (Å²) < 4.78 is 0. The molecule has 0 bridgehead atoms. The Kier molecular flexibility index (Phi) is 3.83. The van der Waals surface area contributed by atoms with Crippen LogP contribution >= 0.6 is 0 Å². The lowest BCUT2D eigenvalue weighted by Gasteiger charge is -2.49. The molecule has 28 heavy (non-hydrogen) atoms. The van der Waals surface area contributed by atoms with Gasteiger partial charge >= 0.3 is 5.97 Å². The van der Waals surface area contributed by atoms with Crippen molar-refractivity contribution in [2.45, 2.75) is 18.6 Å². The van der Waals surface area contributed by atoms with Crippen molar-refractivity contribution < 1.29 is 9.90 Å².